The second-order valence-electron chi connectivity index (χ2n) is 5.87. The predicted molar refractivity (Wildman–Crippen MR) is 107 cm³/mol. The van der Waals surface area contributed by atoms with Gasteiger partial charge in [-0.25, -0.2) is 0 Å². The van der Waals surface area contributed by atoms with Gasteiger partial charge in [0.15, 0.2) is 5.96 Å². The second kappa shape index (κ2) is 13.6. The van der Waals surface area contributed by atoms with Crippen LogP contribution in [0.4, 0.5) is 0 Å². The number of ether oxygens (including phenoxy) is 1. The average molecular weight is 437 g/mol. The molecule has 0 aromatic carbocycles. The number of aliphatic imine (C=N–C) groups is 1. The van der Waals surface area contributed by atoms with Gasteiger partial charge in [-0.05, 0) is 30.7 Å². The molecule has 1 heterocycles. The van der Waals surface area contributed by atoms with Crippen molar-refractivity contribution in [2.24, 2.45) is 18.0 Å². The van der Waals surface area contributed by atoms with Crippen molar-refractivity contribution in [3.8, 4) is 0 Å². The van der Waals surface area contributed by atoms with Crippen LogP contribution in [-0.4, -0.2) is 49.1 Å². The summed E-state index contributed by atoms with van der Waals surface area (Å²) in [6.07, 6.45) is 7.06. The number of halogens is 1. The molecule has 23 heavy (non-hydrogen) atoms. The number of guanidine groups is 1. The van der Waals surface area contributed by atoms with E-state index in [1.807, 2.05) is 17.9 Å². The SMILES string of the molecule is CN=C(NCCCOCC(C)C)NCCCc1cnn(C)c1.I. The van der Waals surface area contributed by atoms with Gasteiger partial charge in [0.25, 0.3) is 0 Å². The molecule has 1 aromatic heterocycles. The normalized spacial score (nSPS) is 11.4. The zero-order valence-electron chi connectivity index (χ0n) is 14.8. The fourth-order valence-corrected chi connectivity index (χ4v) is 2.02. The molecule has 0 bridgehead atoms. The smallest absolute Gasteiger partial charge is 0.190 e. The summed E-state index contributed by atoms with van der Waals surface area (Å²) in [5, 5.41) is 10.8. The Morgan fingerprint density at radius 1 is 1.30 bits per heavy atom. The summed E-state index contributed by atoms with van der Waals surface area (Å²) < 4.78 is 7.39. The van der Waals surface area contributed by atoms with Crippen molar-refractivity contribution in [2.75, 3.05) is 33.4 Å². The largest absolute Gasteiger partial charge is 0.381 e. The van der Waals surface area contributed by atoms with Crippen LogP contribution in [0.25, 0.3) is 0 Å². The van der Waals surface area contributed by atoms with Gasteiger partial charge in [0.2, 0.25) is 0 Å². The van der Waals surface area contributed by atoms with Crippen molar-refractivity contribution < 1.29 is 4.74 Å². The lowest BCUT2D eigenvalue weighted by Crippen LogP contribution is -2.38. The van der Waals surface area contributed by atoms with Gasteiger partial charge in [-0.1, -0.05) is 13.8 Å². The quantitative estimate of drug-likeness (QED) is 0.255. The van der Waals surface area contributed by atoms with Crippen LogP contribution in [0, 0.1) is 5.92 Å². The lowest BCUT2D eigenvalue weighted by molar-refractivity contribution is 0.108. The van der Waals surface area contributed by atoms with Crippen LogP contribution in [0.2, 0.25) is 0 Å². The van der Waals surface area contributed by atoms with E-state index in [4.69, 9.17) is 4.74 Å². The molecule has 0 amide bonds. The first-order chi connectivity index (χ1) is 10.6. The third-order valence-electron chi connectivity index (χ3n) is 3.13. The summed E-state index contributed by atoms with van der Waals surface area (Å²) in [5.41, 5.74) is 1.27. The molecule has 0 saturated heterocycles. The zero-order chi connectivity index (χ0) is 16.2. The van der Waals surface area contributed by atoms with Crippen molar-refractivity contribution in [1.29, 1.82) is 0 Å². The molecule has 0 aliphatic heterocycles. The summed E-state index contributed by atoms with van der Waals surface area (Å²) in [6.45, 7) is 7.73. The Morgan fingerprint density at radius 3 is 2.57 bits per heavy atom. The van der Waals surface area contributed by atoms with E-state index in [0.717, 1.165) is 51.5 Å². The van der Waals surface area contributed by atoms with Crippen LogP contribution in [0.1, 0.15) is 32.3 Å². The number of aromatic nitrogens is 2. The van der Waals surface area contributed by atoms with Crippen molar-refractivity contribution in [3.05, 3.63) is 18.0 Å². The van der Waals surface area contributed by atoms with E-state index in [0.29, 0.717) is 5.92 Å². The van der Waals surface area contributed by atoms with Crippen LogP contribution in [0.3, 0.4) is 0 Å². The summed E-state index contributed by atoms with van der Waals surface area (Å²) in [5.74, 6) is 1.46. The van der Waals surface area contributed by atoms with E-state index in [1.165, 1.54) is 5.56 Å². The van der Waals surface area contributed by atoms with Crippen molar-refractivity contribution >= 4 is 29.9 Å². The highest BCUT2D eigenvalue weighted by atomic mass is 127. The summed E-state index contributed by atoms with van der Waals surface area (Å²) in [7, 11) is 3.74. The topological polar surface area (TPSA) is 63.5 Å². The van der Waals surface area contributed by atoms with Gasteiger partial charge in [0.1, 0.15) is 0 Å². The molecule has 0 atom stereocenters. The Balaban J connectivity index is 0.00000484. The van der Waals surface area contributed by atoms with Crippen molar-refractivity contribution in [1.82, 2.24) is 20.4 Å². The Labute approximate surface area is 157 Å². The lowest BCUT2D eigenvalue weighted by Gasteiger charge is -2.12. The zero-order valence-corrected chi connectivity index (χ0v) is 17.2. The van der Waals surface area contributed by atoms with Gasteiger partial charge in [0, 0.05) is 46.6 Å². The van der Waals surface area contributed by atoms with Crippen LogP contribution in [0.5, 0.6) is 0 Å². The first-order valence-electron chi connectivity index (χ1n) is 8.11. The highest BCUT2D eigenvalue weighted by molar-refractivity contribution is 14.0. The van der Waals surface area contributed by atoms with Crippen molar-refractivity contribution in [2.45, 2.75) is 33.1 Å². The first-order valence-corrected chi connectivity index (χ1v) is 8.11. The summed E-state index contributed by atoms with van der Waals surface area (Å²) in [4.78, 5) is 4.22. The Bertz CT molecular complexity index is 434. The Kier molecular flexibility index (Phi) is 13.1. The van der Waals surface area contributed by atoms with E-state index < -0.39 is 0 Å². The third-order valence-corrected chi connectivity index (χ3v) is 3.13. The summed E-state index contributed by atoms with van der Waals surface area (Å²) in [6, 6.07) is 0. The molecule has 0 fully saturated rings. The van der Waals surface area contributed by atoms with Gasteiger partial charge in [-0.2, -0.15) is 5.10 Å². The summed E-state index contributed by atoms with van der Waals surface area (Å²) >= 11 is 0. The molecule has 134 valence electrons. The molecule has 0 unspecified atom stereocenters. The third kappa shape index (κ3) is 11.4. The molecule has 1 rings (SSSR count). The number of hydrogen-bond acceptors (Lipinski definition) is 3. The number of nitrogens with zero attached hydrogens (tertiary/aromatic N) is 3. The van der Waals surface area contributed by atoms with Gasteiger partial charge in [-0.3, -0.25) is 9.67 Å². The molecular weight excluding hydrogens is 405 g/mol. The minimum absolute atomic E-state index is 0. The Morgan fingerprint density at radius 2 is 2.00 bits per heavy atom. The van der Waals surface area contributed by atoms with E-state index in [9.17, 15) is 0 Å². The predicted octanol–water partition coefficient (Wildman–Crippen LogP) is 2.20. The van der Waals surface area contributed by atoms with Crippen LogP contribution >= 0.6 is 24.0 Å². The fraction of sp³-hybridized carbons (Fsp3) is 0.750. The molecule has 0 spiro atoms. The maximum absolute atomic E-state index is 5.55. The molecule has 0 radical (unpaired) electrons. The monoisotopic (exact) mass is 437 g/mol. The van der Waals surface area contributed by atoms with E-state index in [-0.39, 0.29) is 24.0 Å². The van der Waals surface area contributed by atoms with Crippen molar-refractivity contribution in [3.63, 3.8) is 0 Å². The molecule has 0 aliphatic carbocycles. The van der Waals surface area contributed by atoms with Gasteiger partial charge in [-0.15, -0.1) is 24.0 Å². The lowest BCUT2D eigenvalue weighted by atomic mass is 10.2. The molecular formula is C16H32IN5O. The molecule has 0 saturated carbocycles. The Hall–Kier alpha value is -0.830. The van der Waals surface area contributed by atoms with E-state index in [1.54, 1.807) is 7.05 Å². The standard InChI is InChI=1S/C16H31N5O.HI/c1-14(2)13-22-10-6-9-19-16(17-3)18-8-5-7-15-11-20-21(4)12-15;/h11-12,14H,5-10,13H2,1-4H3,(H2,17,18,19);1H. The minimum atomic E-state index is 0. The number of hydrogen-bond donors (Lipinski definition) is 2. The fourth-order valence-electron chi connectivity index (χ4n) is 2.02. The number of nitrogens with one attached hydrogen (secondary N) is 2. The minimum Gasteiger partial charge on any atom is -0.381 e. The highest BCUT2D eigenvalue weighted by Gasteiger charge is 1.99. The molecule has 1 aromatic rings. The number of aryl methyl sites for hydroxylation is 2. The molecule has 6 nitrogen and oxygen atoms in total. The molecule has 2 N–H and O–H groups in total. The average Bonchev–Trinajstić information content (AvgIpc) is 2.90. The van der Waals surface area contributed by atoms with Crippen LogP contribution in [0.15, 0.2) is 17.4 Å². The maximum atomic E-state index is 5.55. The van der Waals surface area contributed by atoms with Gasteiger partial charge in [0.05, 0.1) is 6.20 Å². The van der Waals surface area contributed by atoms with Gasteiger partial charge < -0.3 is 15.4 Å². The van der Waals surface area contributed by atoms with Crippen LogP contribution < -0.4 is 10.6 Å². The highest BCUT2D eigenvalue weighted by Crippen LogP contribution is 1.99. The van der Waals surface area contributed by atoms with E-state index in [2.05, 4.69) is 40.8 Å². The molecule has 0 aliphatic rings. The first kappa shape index (κ1) is 22.2. The maximum Gasteiger partial charge on any atom is 0.190 e. The number of rotatable bonds is 10. The van der Waals surface area contributed by atoms with Crippen LogP contribution in [-0.2, 0) is 18.2 Å². The van der Waals surface area contributed by atoms with Gasteiger partial charge >= 0.3 is 0 Å². The molecule has 7 heteroatoms. The van der Waals surface area contributed by atoms with E-state index >= 15 is 0 Å². The second-order valence-corrected chi connectivity index (χ2v) is 5.87.